The first-order valence-electron chi connectivity index (χ1n) is 16.5. The number of carbonyl (C=O) groups excluding carboxylic acids is 1. The number of fused-ring (bicyclic) bond motifs is 8. The highest BCUT2D eigenvalue weighted by atomic mass is 32.2. The molecule has 0 saturated carbocycles. The van der Waals surface area contributed by atoms with Crippen molar-refractivity contribution in [1.29, 1.82) is 0 Å². The van der Waals surface area contributed by atoms with Gasteiger partial charge in [0.15, 0.2) is 6.61 Å². The van der Waals surface area contributed by atoms with Crippen molar-refractivity contribution in [1.82, 2.24) is 5.32 Å². The van der Waals surface area contributed by atoms with E-state index in [1.807, 2.05) is 18.2 Å². The number of rotatable bonds is 8. The van der Waals surface area contributed by atoms with Crippen molar-refractivity contribution in [3.63, 3.8) is 0 Å². The van der Waals surface area contributed by atoms with Gasteiger partial charge in [-0.05, 0) is 105 Å². The molecule has 1 aliphatic carbocycles. The molecule has 1 amide bonds. The van der Waals surface area contributed by atoms with Gasteiger partial charge >= 0.3 is 0 Å². The molecule has 1 aliphatic rings. The van der Waals surface area contributed by atoms with E-state index in [4.69, 9.17) is 4.74 Å². The Hall–Kier alpha value is -5.06. The first-order valence-corrected chi connectivity index (χ1v) is 20.7. The van der Waals surface area contributed by atoms with Gasteiger partial charge in [0.1, 0.15) is 43.2 Å². The van der Waals surface area contributed by atoms with Gasteiger partial charge in [-0.2, -0.15) is 0 Å². The minimum Gasteiger partial charge on any atom is -0.744 e. The van der Waals surface area contributed by atoms with E-state index in [1.54, 1.807) is 49.6 Å². The minimum absolute atomic E-state index is 0.0174. The third-order valence-corrected chi connectivity index (χ3v) is 11.2. The number of hydrogen-bond acceptors (Lipinski definition) is 12. The number of phenolic OH excluding ortho intramolecular Hbond substituents is 3. The number of aromatic hydroxyl groups is 3. The van der Waals surface area contributed by atoms with Crippen LogP contribution in [0.1, 0.15) is 50.1 Å². The molecule has 0 atom stereocenters. The zero-order valence-electron chi connectivity index (χ0n) is 29.1. The fourth-order valence-electron chi connectivity index (χ4n) is 6.65. The van der Waals surface area contributed by atoms with E-state index in [9.17, 15) is 46.1 Å². The average Bonchev–Trinajstić information content (AvgIpc) is 3.11. The van der Waals surface area contributed by atoms with Crippen molar-refractivity contribution in [3.8, 4) is 34.1 Å². The Bertz CT molecular complexity index is 2370. The summed E-state index contributed by atoms with van der Waals surface area (Å²) in [6, 6.07) is 20.0. The Kier molecular flexibility index (Phi) is 11.0. The number of phenols is 3. The molecule has 0 radical (unpaired) electrons. The van der Waals surface area contributed by atoms with Crippen molar-refractivity contribution in [2.45, 2.75) is 42.4 Å². The lowest BCUT2D eigenvalue weighted by Crippen LogP contribution is -2.28. The maximum absolute atomic E-state index is 12.8. The van der Waals surface area contributed by atoms with Crippen LogP contribution in [0.25, 0.3) is 11.1 Å². The molecule has 6 rings (SSSR count). The zero-order chi connectivity index (χ0) is 38.9. The third kappa shape index (κ3) is 8.50. The predicted molar refractivity (Wildman–Crippen MR) is 200 cm³/mol. The monoisotopic (exact) mass is 789 g/mol. The number of ether oxygens (including phenoxy) is 1. The first kappa shape index (κ1) is 38.7. The van der Waals surface area contributed by atoms with Crippen molar-refractivity contribution in [2.24, 2.45) is 0 Å². The first-order chi connectivity index (χ1) is 25.5. The second-order valence-corrected chi connectivity index (χ2v) is 16.7. The van der Waals surface area contributed by atoms with Crippen LogP contribution in [0.2, 0.25) is 0 Å². The summed E-state index contributed by atoms with van der Waals surface area (Å²) in [5.74, 6) is -1.02. The summed E-state index contributed by atoms with van der Waals surface area (Å²) in [6.07, 6.45) is 0.877. The van der Waals surface area contributed by atoms with E-state index < -0.39 is 42.5 Å². The van der Waals surface area contributed by atoms with Crippen LogP contribution in [0, 0.1) is 6.92 Å². The van der Waals surface area contributed by atoms with Crippen molar-refractivity contribution in [3.05, 3.63) is 129 Å². The van der Waals surface area contributed by atoms with Gasteiger partial charge in [-0.25, -0.2) is 16.8 Å². The quantitative estimate of drug-likeness (QED) is 0.117. The maximum Gasteiger partial charge on any atom is 0.258 e. The molecular formula is C39H35NO11S3-2. The molecule has 282 valence electrons. The van der Waals surface area contributed by atoms with Gasteiger partial charge < -0.3 is 34.5 Å². The maximum atomic E-state index is 12.8. The van der Waals surface area contributed by atoms with Gasteiger partial charge in [0.05, 0.1) is 15.7 Å². The normalized spacial score (nSPS) is 13.0. The Balaban J connectivity index is 1.69. The molecule has 0 aromatic heterocycles. The summed E-state index contributed by atoms with van der Waals surface area (Å²) < 4.78 is 81.0. The Morgan fingerprint density at radius 2 is 1.07 bits per heavy atom. The van der Waals surface area contributed by atoms with E-state index in [0.29, 0.717) is 28.1 Å². The fourth-order valence-corrected chi connectivity index (χ4v) is 8.10. The topological polar surface area (TPSA) is 213 Å². The lowest BCUT2D eigenvalue weighted by Gasteiger charge is -2.22. The Morgan fingerprint density at radius 1 is 0.667 bits per heavy atom. The van der Waals surface area contributed by atoms with E-state index in [1.165, 1.54) is 11.8 Å². The summed E-state index contributed by atoms with van der Waals surface area (Å²) in [6.45, 7) is 1.25. The summed E-state index contributed by atoms with van der Waals surface area (Å²) in [7, 11) is -10.1. The van der Waals surface area contributed by atoms with Crippen molar-refractivity contribution < 1.29 is 50.8 Å². The molecular weight excluding hydrogens is 755 g/mol. The number of thioether (sulfide) groups is 1. The van der Waals surface area contributed by atoms with Crippen LogP contribution in [0.4, 0.5) is 0 Å². The minimum atomic E-state index is -5.05. The van der Waals surface area contributed by atoms with Gasteiger partial charge in [-0.3, -0.25) is 4.79 Å². The Morgan fingerprint density at radius 3 is 1.48 bits per heavy atom. The molecule has 0 spiro atoms. The summed E-state index contributed by atoms with van der Waals surface area (Å²) >= 11 is 1.37. The summed E-state index contributed by atoms with van der Waals surface area (Å²) in [5.41, 5.74) is 3.20. The standard InChI is InChI=1S/C39H37NO11S3/c1-22-8-25-12-27-16-33(53(45,46)47)18-29(37(27)43)14-31-10-24(23-6-4-3-5-7-23)11-32(39(31)51-20-35(41)40-21-52-2)15-30-19-34(54(48,49)50)17-28(38(30)44)13-26(9-22)36(25)42/h3-11,16-19,42-44H,12-15,20-21H2,1-2H3,(H,40,41)(H,45,46,47)(H,48,49,50)/p-2. The molecule has 0 aliphatic heterocycles. The molecule has 4 N–H and O–H groups in total. The number of aryl methyl sites for hydroxylation is 1. The van der Waals surface area contributed by atoms with Crippen LogP contribution in [-0.2, 0) is 50.7 Å². The van der Waals surface area contributed by atoms with E-state index >= 15 is 0 Å². The highest BCUT2D eigenvalue weighted by Crippen LogP contribution is 2.41. The summed E-state index contributed by atoms with van der Waals surface area (Å²) in [4.78, 5) is 11.6. The molecule has 12 nitrogen and oxygen atoms in total. The van der Waals surface area contributed by atoms with E-state index in [-0.39, 0.29) is 82.1 Å². The van der Waals surface area contributed by atoms with Crippen LogP contribution >= 0.6 is 11.8 Å². The Labute approximate surface area is 317 Å². The second kappa shape index (κ2) is 15.4. The van der Waals surface area contributed by atoms with Crippen molar-refractivity contribution >= 4 is 37.9 Å². The van der Waals surface area contributed by atoms with Gasteiger partial charge in [0.2, 0.25) is 0 Å². The predicted octanol–water partition coefficient (Wildman–Crippen LogP) is 5.08. The van der Waals surface area contributed by atoms with Gasteiger partial charge in [-0.15, -0.1) is 11.8 Å². The third-order valence-electron chi connectivity index (χ3n) is 9.11. The second-order valence-electron chi connectivity index (χ2n) is 13.0. The highest BCUT2D eigenvalue weighted by Gasteiger charge is 2.24. The zero-order valence-corrected chi connectivity index (χ0v) is 31.5. The van der Waals surface area contributed by atoms with Gasteiger partial charge in [0, 0.05) is 25.7 Å². The molecule has 5 aromatic carbocycles. The van der Waals surface area contributed by atoms with Crippen LogP contribution in [0.3, 0.4) is 0 Å². The van der Waals surface area contributed by atoms with E-state index in [2.05, 4.69) is 5.32 Å². The number of carbonyl (C=O) groups is 1. The van der Waals surface area contributed by atoms with Crippen LogP contribution in [0.15, 0.2) is 88.7 Å². The van der Waals surface area contributed by atoms with E-state index in [0.717, 1.165) is 29.8 Å². The lowest BCUT2D eigenvalue weighted by atomic mass is 9.89. The number of amides is 1. The molecule has 15 heteroatoms. The molecule has 54 heavy (non-hydrogen) atoms. The smallest absolute Gasteiger partial charge is 0.258 e. The fraction of sp³-hybridized carbons (Fsp3) is 0.205. The largest absolute Gasteiger partial charge is 0.744 e. The average molecular weight is 790 g/mol. The highest BCUT2D eigenvalue weighted by molar-refractivity contribution is 7.98. The van der Waals surface area contributed by atoms with Crippen LogP contribution < -0.4 is 10.1 Å². The molecule has 0 saturated heterocycles. The molecule has 0 unspecified atom stereocenters. The molecule has 0 fully saturated rings. The molecule has 0 heterocycles. The van der Waals surface area contributed by atoms with Crippen LogP contribution in [-0.4, -0.2) is 65.9 Å². The van der Waals surface area contributed by atoms with Crippen molar-refractivity contribution in [2.75, 3.05) is 18.7 Å². The number of hydrogen-bond donors (Lipinski definition) is 4. The number of benzene rings is 5. The van der Waals surface area contributed by atoms with Gasteiger partial charge in [-0.1, -0.05) is 48.0 Å². The lowest BCUT2D eigenvalue weighted by molar-refractivity contribution is -0.122. The SMILES string of the molecule is CSCNC(=O)COc1c2cc(-c3ccccc3)cc1Cc1cc(S(=O)(=O)[O-])cc(c1O)Cc1cc(C)cc(c1O)Cc1cc(S(=O)(=O)[O-])cc(c1O)C2. The van der Waals surface area contributed by atoms with Crippen LogP contribution in [0.5, 0.6) is 23.0 Å². The summed E-state index contributed by atoms with van der Waals surface area (Å²) in [5, 5.41) is 37.6. The molecule has 5 aromatic rings. The van der Waals surface area contributed by atoms with Gasteiger partial charge in [0.25, 0.3) is 5.91 Å². The molecule has 8 bridgehead atoms. The number of nitrogens with one attached hydrogen (secondary N) is 1.